The molecule has 0 aliphatic heterocycles. The number of carbonyl (C=O) groups is 3. The molecule has 0 saturated carbocycles. The summed E-state index contributed by atoms with van der Waals surface area (Å²) in [5.41, 5.74) is 0. The molecule has 0 aliphatic rings. The average molecular weight is 761 g/mol. The molecule has 0 aliphatic carbocycles. The first-order valence-corrected chi connectivity index (χ1v) is 23.3. The van der Waals surface area contributed by atoms with Crippen LogP contribution < -0.4 is 0 Å². The van der Waals surface area contributed by atoms with Crippen LogP contribution in [0.2, 0.25) is 0 Å². The van der Waals surface area contributed by atoms with Gasteiger partial charge in [-0.3, -0.25) is 14.4 Å². The topological polar surface area (TPSA) is 78.9 Å². The molecule has 316 valence electrons. The Kier molecular flexibility index (Phi) is 41.9. The molecule has 0 radical (unpaired) electrons. The molecule has 0 saturated heterocycles. The Balaban J connectivity index is 4.31. The van der Waals surface area contributed by atoms with E-state index >= 15 is 0 Å². The van der Waals surface area contributed by atoms with E-state index in [0.29, 0.717) is 19.3 Å². The van der Waals surface area contributed by atoms with Gasteiger partial charge < -0.3 is 14.2 Å². The van der Waals surface area contributed by atoms with Crippen LogP contribution in [0.3, 0.4) is 0 Å². The summed E-state index contributed by atoms with van der Waals surface area (Å²) < 4.78 is 16.7. The number of allylic oxidation sites excluding steroid dienone is 4. The Hall–Kier alpha value is -2.11. The SMILES string of the molecule is CCCCCCC/C=C\CCCCCCCC(=O)OC(COC(=O)CCCCCCC/C=C\CCCCCCCC)COC(=O)CCCCCCCCC. The van der Waals surface area contributed by atoms with E-state index in [1.54, 1.807) is 0 Å². The van der Waals surface area contributed by atoms with Gasteiger partial charge in [-0.25, -0.2) is 0 Å². The van der Waals surface area contributed by atoms with Gasteiger partial charge >= 0.3 is 17.9 Å². The Bertz CT molecular complexity index is 880. The van der Waals surface area contributed by atoms with Crippen molar-refractivity contribution in [2.45, 2.75) is 252 Å². The summed E-state index contributed by atoms with van der Waals surface area (Å²) in [4.78, 5) is 37.6. The minimum absolute atomic E-state index is 0.0754. The molecule has 0 aromatic carbocycles. The van der Waals surface area contributed by atoms with E-state index in [0.717, 1.165) is 70.6 Å². The molecule has 0 aromatic rings. The van der Waals surface area contributed by atoms with Gasteiger partial charge in [0.05, 0.1) is 0 Å². The Morgan fingerprint density at radius 1 is 0.352 bits per heavy atom. The van der Waals surface area contributed by atoms with Crippen LogP contribution in [0.1, 0.15) is 245 Å². The number of esters is 3. The van der Waals surface area contributed by atoms with Crippen molar-refractivity contribution in [2.24, 2.45) is 0 Å². The quantitative estimate of drug-likeness (QED) is 0.0267. The Morgan fingerprint density at radius 3 is 0.926 bits per heavy atom. The van der Waals surface area contributed by atoms with Gasteiger partial charge in [-0.05, 0) is 70.6 Å². The number of rotatable bonds is 42. The van der Waals surface area contributed by atoms with E-state index in [1.165, 1.54) is 135 Å². The van der Waals surface area contributed by atoms with Crippen LogP contribution in [0, 0.1) is 0 Å². The molecule has 54 heavy (non-hydrogen) atoms. The molecular formula is C48H88O6. The van der Waals surface area contributed by atoms with Crippen LogP contribution >= 0.6 is 0 Å². The molecule has 0 amide bonds. The maximum Gasteiger partial charge on any atom is 0.306 e. The van der Waals surface area contributed by atoms with Gasteiger partial charge in [0.2, 0.25) is 0 Å². The van der Waals surface area contributed by atoms with Crippen LogP contribution in [0.15, 0.2) is 24.3 Å². The van der Waals surface area contributed by atoms with Crippen LogP contribution in [0.4, 0.5) is 0 Å². The fraction of sp³-hybridized carbons (Fsp3) is 0.854. The molecular weight excluding hydrogens is 673 g/mol. The zero-order chi connectivity index (χ0) is 39.4. The number of ether oxygens (including phenoxy) is 3. The maximum absolute atomic E-state index is 12.7. The van der Waals surface area contributed by atoms with Crippen molar-refractivity contribution in [3.8, 4) is 0 Å². The molecule has 6 nitrogen and oxygen atoms in total. The Labute approximate surface area is 334 Å². The second-order valence-corrected chi connectivity index (χ2v) is 15.7. The third-order valence-corrected chi connectivity index (χ3v) is 10.2. The van der Waals surface area contributed by atoms with Gasteiger partial charge in [0, 0.05) is 19.3 Å². The van der Waals surface area contributed by atoms with Gasteiger partial charge in [-0.1, -0.05) is 180 Å². The average Bonchev–Trinajstić information content (AvgIpc) is 3.17. The third kappa shape index (κ3) is 41.1. The highest BCUT2D eigenvalue weighted by atomic mass is 16.6. The first-order valence-electron chi connectivity index (χ1n) is 23.3. The largest absolute Gasteiger partial charge is 0.462 e. The van der Waals surface area contributed by atoms with Crippen molar-refractivity contribution in [1.82, 2.24) is 0 Å². The summed E-state index contributed by atoms with van der Waals surface area (Å²) in [6.07, 6.45) is 47.4. The van der Waals surface area contributed by atoms with E-state index < -0.39 is 6.10 Å². The summed E-state index contributed by atoms with van der Waals surface area (Å²) in [7, 11) is 0. The number of unbranched alkanes of at least 4 members (excludes halogenated alkanes) is 27. The highest BCUT2D eigenvalue weighted by molar-refractivity contribution is 5.71. The second-order valence-electron chi connectivity index (χ2n) is 15.7. The van der Waals surface area contributed by atoms with E-state index in [9.17, 15) is 14.4 Å². The fourth-order valence-corrected chi connectivity index (χ4v) is 6.61. The lowest BCUT2D eigenvalue weighted by Crippen LogP contribution is -2.30. The number of hydrogen-bond acceptors (Lipinski definition) is 6. The second kappa shape index (κ2) is 43.6. The van der Waals surface area contributed by atoms with Crippen molar-refractivity contribution in [3.05, 3.63) is 24.3 Å². The summed E-state index contributed by atoms with van der Waals surface area (Å²) in [5, 5.41) is 0. The molecule has 1 unspecified atom stereocenters. The molecule has 0 fully saturated rings. The number of carbonyl (C=O) groups excluding carboxylic acids is 3. The molecule has 0 heterocycles. The summed E-state index contributed by atoms with van der Waals surface area (Å²) in [6, 6.07) is 0. The zero-order valence-electron chi connectivity index (χ0n) is 36.0. The Morgan fingerprint density at radius 2 is 0.611 bits per heavy atom. The lowest BCUT2D eigenvalue weighted by molar-refractivity contribution is -0.167. The van der Waals surface area contributed by atoms with Gasteiger partial charge in [0.25, 0.3) is 0 Å². The molecule has 0 aromatic heterocycles. The van der Waals surface area contributed by atoms with Gasteiger partial charge in [0.1, 0.15) is 13.2 Å². The van der Waals surface area contributed by atoms with Gasteiger partial charge in [-0.15, -0.1) is 0 Å². The zero-order valence-corrected chi connectivity index (χ0v) is 36.0. The van der Waals surface area contributed by atoms with E-state index in [-0.39, 0.29) is 31.1 Å². The molecule has 0 rings (SSSR count). The van der Waals surface area contributed by atoms with Crippen LogP contribution in [-0.4, -0.2) is 37.2 Å². The van der Waals surface area contributed by atoms with Crippen LogP contribution in [0.25, 0.3) is 0 Å². The van der Waals surface area contributed by atoms with E-state index in [2.05, 4.69) is 45.1 Å². The summed E-state index contributed by atoms with van der Waals surface area (Å²) >= 11 is 0. The predicted molar refractivity (Wildman–Crippen MR) is 229 cm³/mol. The van der Waals surface area contributed by atoms with Gasteiger partial charge in [-0.2, -0.15) is 0 Å². The minimum atomic E-state index is -0.771. The van der Waals surface area contributed by atoms with E-state index in [1.807, 2.05) is 0 Å². The van der Waals surface area contributed by atoms with Gasteiger partial charge in [0.15, 0.2) is 6.10 Å². The van der Waals surface area contributed by atoms with Crippen molar-refractivity contribution >= 4 is 17.9 Å². The molecule has 0 spiro atoms. The highest BCUT2D eigenvalue weighted by Gasteiger charge is 2.19. The maximum atomic E-state index is 12.7. The molecule has 0 N–H and O–H groups in total. The smallest absolute Gasteiger partial charge is 0.306 e. The summed E-state index contributed by atoms with van der Waals surface area (Å²) in [6.45, 7) is 6.57. The molecule has 0 bridgehead atoms. The van der Waals surface area contributed by atoms with Crippen molar-refractivity contribution in [1.29, 1.82) is 0 Å². The van der Waals surface area contributed by atoms with Crippen LogP contribution in [-0.2, 0) is 28.6 Å². The third-order valence-electron chi connectivity index (χ3n) is 10.2. The normalized spacial score (nSPS) is 12.1. The highest BCUT2D eigenvalue weighted by Crippen LogP contribution is 2.14. The monoisotopic (exact) mass is 761 g/mol. The van der Waals surface area contributed by atoms with E-state index in [4.69, 9.17) is 14.2 Å². The first-order chi connectivity index (χ1) is 26.5. The van der Waals surface area contributed by atoms with Crippen LogP contribution in [0.5, 0.6) is 0 Å². The number of hydrogen-bond donors (Lipinski definition) is 0. The lowest BCUT2D eigenvalue weighted by Gasteiger charge is -2.18. The summed E-state index contributed by atoms with van der Waals surface area (Å²) in [5.74, 6) is -0.894. The standard InChI is InChI=1S/C48H88O6/c1-4-7-10-13-16-18-20-22-24-26-27-29-32-35-38-41-47(50)53-44-45(43-52-46(49)40-37-34-31-15-12-9-6-3)54-48(51)42-39-36-33-30-28-25-23-21-19-17-14-11-8-5-2/h21-24,45H,4-20,25-44H2,1-3H3/b23-21-,24-22-. The van der Waals surface area contributed by atoms with Crippen molar-refractivity contribution in [2.75, 3.05) is 13.2 Å². The van der Waals surface area contributed by atoms with Crippen molar-refractivity contribution < 1.29 is 28.6 Å². The molecule has 1 atom stereocenters. The van der Waals surface area contributed by atoms with Crippen molar-refractivity contribution in [3.63, 3.8) is 0 Å². The first kappa shape index (κ1) is 51.9. The minimum Gasteiger partial charge on any atom is -0.462 e. The fourth-order valence-electron chi connectivity index (χ4n) is 6.61. The lowest BCUT2D eigenvalue weighted by atomic mass is 10.1. The predicted octanol–water partition coefficient (Wildman–Crippen LogP) is 14.8. The molecule has 6 heteroatoms.